The molecule has 614 valence electrons. The summed E-state index contributed by atoms with van der Waals surface area (Å²) >= 11 is 0. The molecule has 0 amide bonds. The van der Waals surface area contributed by atoms with Gasteiger partial charge in [-0.25, -0.2) is 0 Å². The number of hydrogen-bond acceptors (Lipinski definition) is 2. The van der Waals surface area contributed by atoms with Crippen molar-refractivity contribution in [2.75, 3.05) is 9.80 Å². The molecule has 0 aliphatic carbocycles. The maximum absolute atomic E-state index is 2.58. The molecular formula is C122H116N2. The summed E-state index contributed by atoms with van der Waals surface area (Å²) in [5.41, 5.74) is 35.0. The molecule has 124 heavy (non-hydrogen) atoms. The van der Waals surface area contributed by atoms with Crippen molar-refractivity contribution in [3.05, 3.63) is 422 Å². The molecular weight excluding hydrogens is 1490 g/mol. The van der Waals surface area contributed by atoms with Crippen LogP contribution in [-0.2, 0) is 32.5 Å². The first-order valence-corrected chi connectivity index (χ1v) is 44.5. The van der Waals surface area contributed by atoms with Crippen molar-refractivity contribution >= 4 is 55.7 Å². The first-order chi connectivity index (χ1) is 59.5. The first kappa shape index (κ1) is 83.1. The van der Waals surface area contributed by atoms with Crippen LogP contribution in [0.15, 0.2) is 388 Å². The average Bonchev–Trinajstić information content (AvgIpc) is 0.745. The quantitative estimate of drug-likeness (QED) is 0.0750. The van der Waals surface area contributed by atoms with Crippen LogP contribution in [0.25, 0.3) is 122 Å². The van der Waals surface area contributed by atoms with Crippen LogP contribution < -0.4 is 9.80 Å². The molecule has 0 aromatic heterocycles. The normalized spacial score (nSPS) is 12.3. The molecule has 0 radical (unpaired) electrons. The predicted molar refractivity (Wildman–Crippen MR) is 536 cm³/mol. The molecule has 0 unspecified atom stereocenters. The lowest BCUT2D eigenvalue weighted by Crippen LogP contribution is -2.25. The smallest absolute Gasteiger partial charge is 0.0540 e. The minimum atomic E-state index is -0.260. The SMILES string of the molecule is CC(C)(C)c1cc(-c2cccc3cccc(-c4ccccc4N(c4ccccc4-c4ccccc4)c4ccc(C(C)(C)CCC(C)(C)c5cc(-c6cccc7cccc(-c8ccccc8N(c8ccc(-c9ccc(-c%10ccccc%10)cc9)cc8)c8ccc(C(C)(C)C)cc8-c8ccccc8)c67)cc(C(C)(C)C)c5)cc4-c4ccccc4)c23)cc(C(C)(C)C)c1. The number of rotatable bonds is 20. The minimum Gasteiger partial charge on any atom is -0.309 e. The van der Waals surface area contributed by atoms with Crippen molar-refractivity contribution < 1.29 is 0 Å². The van der Waals surface area contributed by atoms with E-state index in [0.29, 0.717) is 0 Å². The van der Waals surface area contributed by atoms with Gasteiger partial charge in [0.25, 0.3) is 0 Å². The topological polar surface area (TPSA) is 6.48 Å². The van der Waals surface area contributed by atoms with Gasteiger partial charge in [-0.1, -0.05) is 444 Å². The van der Waals surface area contributed by atoms with Gasteiger partial charge in [0.05, 0.1) is 28.4 Å². The van der Waals surface area contributed by atoms with Crippen LogP contribution in [-0.4, -0.2) is 0 Å². The van der Waals surface area contributed by atoms with Crippen LogP contribution in [0.4, 0.5) is 34.1 Å². The summed E-state index contributed by atoms with van der Waals surface area (Å²) in [6, 6.07) is 146. The Balaban J connectivity index is 0.760. The Bertz CT molecular complexity index is 6670. The molecule has 0 heterocycles. The van der Waals surface area contributed by atoms with Crippen LogP contribution in [0.3, 0.4) is 0 Å². The van der Waals surface area contributed by atoms with Crippen molar-refractivity contribution in [1.29, 1.82) is 0 Å². The fourth-order valence-corrected chi connectivity index (χ4v) is 18.2. The van der Waals surface area contributed by atoms with E-state index < -0.39 is 0 Å². The van der Waals surface area contributed by atoms with E-state index in [0.717, 1.165) is 80.3 Å². The van der Waals surface area contributed by atoms with Gasteiger partial charge in [0.1, 0.15) is 0 Å². The van der Waals surface area contributed by atoms with Gasteiger partial charge >= 0.3 is 0 Å². The fourth-order valence-electron chi connectivity index (χ4n) is 18.2. The first-order valence-electron chi connectivity index (χ1n) is 44.5. The van der Waals surface area contributed by atoms with Crippen LogP contribution in [0.5, 0.6) is 0 Å². The lowest BCUT2D eigenvalue weighted by molar-refractivity contribution is 0.374. The van der Waals surface area contributed by atoms with Gasteiger partial charge in [-0.3, -0.25) is 0 Å². The number of para-hydroxylation sites is 3. The van der Waals surface area contributed by atoms with Gasteiger partial charge in [0, 0.05) is 33.5 Å². The summed E-state index contributed by atoms with van der Waals surface area (Å²) in [5.74, 6) is 0. The minimum absolute atomic E-state index is 0.0520. The molecule has 0 saturated heterocycles. The molecule has 0 bridgehead atoms. The average molecular weight is 1610 g/mol. The van der Waals surface area contributed by atoms with E-state index in [4.69, 9.17) is 0 Å². The molecule has 0 aliphatic rings. The molecule has 17 rings (SSSR count). The highest BCUT2D eigenvalue weighted by Crippen LogP contribution is 2.54. The van der Waals surface area contributed by atoms with Crippen LogP contribution >= 0.6 is 0 Å². The number of anilines is 6. The highest BCUT2D eigenvalue weighted by atomic mass is 15.2. The summed E-state index contributed by atoms with van der Waals surface area (Å²) in [7, 11) is 0. The maximum atomic E-state index is 2.58. The van der Waals surface area contributed by atoms with E-state index in [1.54, 1.807) is 0 Å². The maximum Gasteiger partial charge on any atom is 0.0540 e. The lowest BCUT2D eigenvalue weighted by atomic mass is 9.71. The zero-order valence-corrected chi connectivity index (χ0v) is 75.3. The van der Waals surface area contributed by atoms with Crippen molar-refractivity contribution in [2.24, 2.45) is 0 Å². The van der Waals surface area contributed by atoms with Crippen molar-refractivity contribution in [3.63, 3.8) is 0 Å². The third kappa shape index (κ3) is 17.0. The van der Waals surface area contributed by atoms with Gasteiger partial charge in [0.2, 0.25) is 0 Å². The summed E-state index contributed by atoms with van der Waals surface area (Å²) in [5, 5.41) is 4.87. The van der Waals surface area contributed by atoms with Crippen molar-refractivity contribution in [1.82, 2.24) is 0 Å². The molecule has 0 atom stereocenters. The second-order valence-corrected chi connectivity index (χ2v) is 39.6. The van der Waals surface area contributed by atoms with Crippen LogP contribution in [0, 0.1) is 0 Å². The van der Waals surface area contributed by atoms with Gasteiger partial charge in [-0.2, -0.15) is 0 Å². The molecule has 2 heteroatoms. The van der Waals surface area contributed by atoms with Crippen molar-refractivity contribution in [2.45, 2.75) is 156 Å². The second kappa shape index (κ2) is 33.6. The van der Waals surface area contributed by atoms with E-state index >= 15 is 0 Å². The Labute approximate surface area is 738 Å². The molecule has 17 aromatic rings. The molecule has 0 aliphatic heterocycles. The summed E-state index contributed by atoms with van der Waals surface area (Å²) in [6.07, 6.45) is 1.88. The Morgan fingerprint density at radius 3 is 0.871 bits per heavy atom. The van der Waals surface area contributed by atoms with Gasteiger partial charge in [-0.05, 0) is 227 Å². The summed E-state index contributed by atoms with van der Waals surface area (Å²) in [4.78, 5) is 5.10. The Morgan fingerprint density at radius 1 is 0.169 bits per heavy atom. The van der Waals surface area contributed by atoms with Crippen molar-refractivity contribution in [3.8, 4) is 100 Å². The van der Waals surface area contributed by atoms with E-state index in [9.17, 15) is 0 Å². The Morgan fingerprint density at radius 2 is 0.452 bits per heavy atom. The number of nitrogens with zero attached hydrogens (tertiary/aromatic N) is 2. The largest absolute Gasteiger partial charge is 0.309 e. The van der Waals surface area contributed by atoms with Gasteiger partial charge in [0.15, 0.2) is 0 Å². The molecule has 0 fully saturated rings. The molecule has 17 aromatic carbocycles. The number of hydrogen-bond donors (Lipinski definition) is 0. The zero-order chi connectivity index (χ0) is 86.5. The lowest BCUT2D eigenvalue weighted by Gasteiger charge is -2.35. The Hall–Kier alpha value is -13.1. The van der Waals surface area contributed by atoms with E-state index in [-0.39, 0.29) is 32.5 Å². The molecule has 0 N–H and O–H groups in total. The fraction of sp³-hybridized carbons (Fsp3) is 0.197. The second-order valence-electron chi connectivity index (χ2n) is 39.6. The highest BCUT2D eigenvalue weighted by molar-refractivity contribution is 6.12. The van der Waals surface area contributed by atoms with E-state index in [1.165, 1.54) is 122 Å². The van der Waals surface area contributed by atoms with Crippen LogP contribution in [0.2, 0.25) is 0 Å². The van der Waals surface area contributed by atoms with Crippen LogP contribution in [0.1, 0.15) is 157 Å². The van der Waals surface area contributed by atoms with Gasteiger partial charge < -0.3 is 9.80 Å². The molecule has 2 nitrogen and oxygen atoms in total. The third-order valence-electron chi connectivity index (χ3n) is 25.9. The van der Waals surface area contributed by atoms with E-state index in [1.807, 2.05) is 0 Å². The standard InChI is InChI=1S/C122H116N2/c1-117(2,3)94-67-71-113(108(81-94)88-43-25-19-26-44-88)123(100-69-65-86(66-70-100)85-63-61-84(62-64-85)83-39-21-17-22-40-83)111-59-33-30-52-104(111)106-56-37-49-91-48-36-55-103(116(91)106)93-77-98(120(10,11)12)80-99(78-93)122(15,16)74-73-121(13,14)95-68-72-114(109(82-95)89-45-27-20-28-46-89)124(110-58-32-29-51-101(110)87-41-23-18-24-42-87)112-60-34-31-53-105(112)107-57-38-50-90-47-35-54-102(115(90)107)92-75-96(118(4,5)6)79-97(76-92)119(7,8)9/h17-72,75-82H,73-74H2,1-16H3. The molecule has 0 spiro atoms. The van der Waals surface area contributed by atoms with E-state index in [2.05, 4.69) is 509 Å². The number of fused-ring (bicyclic) bond motifs is 2. The predicted octanol–water partition coefficient (Wildman–Crippen LogP) is 35.2. The Kier molecular flexibility index (Phi) is 22.5. The third-order valence-corrected chi connectivity index (χ3v) is 25.9. The summed E-state index contributed by atoms with van der Waals surface area (Å²) in [6.45, 7) is 38.0. The zero-order valence-electron chi connectivity index (χ0n) is 75.3. The molecule has 0 saturated carbocycles. The highest BCUT2D eigenvalue weighted by Gasteiger charge is 2.34. The monoisotopic (exact) mass is 1610 g/mol. The summed E-state index contributed by atoms with van der Waals surface area (Å²) < 4.78 is 0. The number of benzene rings is 17. The van der Waals surface area contributed by atoms with Gasteiger partial charge in [-0.15, -0.1) is 0 Å².